The number of anilines is 1. The van der Waals surface area contributed by atoms with Crippen molar-refractivity contribution < 1.29 is 0 Å². The SMILES string of the molecule is Cl.N=C(N=C(N)N)N(Cl)c1ccccc1. The lowest BCUT2D eigenvalue weighted by molar-refractivity contribution is 1.31. The first-order valence-corrected chi connectivity index (χ1v) is 4.14. The fourth-order valence-electron chi connectivity index (χ4n) is 0.847. The van der Waals surface area contributed by atoms with E-state index >= 15 is 0 Å². The minimum Gasteiger partial charge on any atom is -0.370 e. The van der Waals surface area contributed by atoms with Crippen LogP contribution in [0.3, 0.4) is 0 Å². The fourth-order valence-corrected chi connectivity index (χ4v) is 0.998. The van der Waals surface area contributed by atoms with Gasteiger partial charge in [-0.3, -0.25) is 5.41 Å². The van der Waals surface area contributed by atoms with E-state index in [0.717, 1.165) is 4.42 Å². The zero-order chi connectivity index (χ0) is 10.6. The molecule has 82 valence electrons. The number of hydrogen-bond acceptors (Lipinski definition) is 1. The third-order valence-corrected chi connectivity index (χ3v) is 1.76. The van der Waals surface area contributed by atoms with Crippen molar-refractivity contribution >= 4 is 41.8 Å². The highest BCUT2D eigenvalue weighted by Crippen LogP contribution is 2.15. The highest BCUT2D eigenvalue weighted by Gasteiger charge is 2.07. The van der Waals surface area contributed by atoms with Crippen molar-refractivity contribution in [3.8, 4) is 0 Å². The number of nitrogens with two attached hydrogens (primary N) is 2. The number of guanidine groups is 2. The number of hydrogen-bond donors (Lipinski definition) is 3. The van der Waals surface area contributed by atoms with Crippen molar-refractivity contribution in [1.82, 2.24) is 0 Å². The minimum absolute atomic E-state index is 0. The van der Waals surface area contributed by atoms with Crippen LogP contribution >= 0.6 is 24.2 Å². The Balaban J connectivity index is 0.00000196. The van der Waals surface area contributed by atoms with Crippen LogP contribution in [0.25, 0.3) is 0 Å². The van der Waals surface area contributed by atoms with Gasteiger partial charge in [0.25, 0.3) is 0 Å². The number of nitrogens with zero attached hydrogens (tertiary/aromatic N) is 2. The summed E-state index contributed by atoms with van der Waals surface area (Å²) in [5.74, 6) is -0.422. The largest absolute Gasteiger partial charge is 0.370 e. The molecule has 0 bridgehead atoms. The molecule has 0 spiro atoms. The molecule has 1 aromatic carbocycles. The summed E-state index contributed by atoms with van der Waals surface area (Å²) < 4.78 is 1.06. The summed E-state index contributed by atoms with van der Waals surface area (Å²) in [5.41, 5.74) is 10.9. The molecule has 0 aliphatic heterocycles. The van der Waals surface area contributed by atoms with E-state index in [1.54, 1.807) is 24.3 Å². The minimum atomic E-state index is -0.224. The summed E-state index contributed by atoms with van der Waals surface area (Å²) in [5, 5.41) is 7.41. The molecule has 0 aromatic heterocycles. The van der Waals surface area contributed by atoms with Crippen LogP contribution in [0.15, 0.2) is 35.3 Å². The lowest BCUT2D eigenvalue weighted by Gasteiger charge is -2.12. The Hall–Kier alpha value is -1.46. The van der Waals surface area contributed by atoms with Crippen LogP contribution < -0.4 is 15.9 Å². The van der Waals surface area contributed by atoms with Gasteiger partial charge in [0.15, 0.2) is 5.96 Å². The Kier molecular flexibility index (Phi) is 5.51. The van der Waals surface area contributed by atoms with Gasteiger partial charge >= 0.3 is 0 Å². The van der Waals surface area contributed by atoms with E-state index in [0.29, 0.717) is 5.69 Å². The second-order valence-corrected chi connectivity index (χ2v) is 2.81. The van der Waals surface area contributed by atoms with Crippen molar-refractivity contribution in [2.75, 3.05) is 4.42 Å². The Morgan fingerprint density at radius 3 is 2.27 bits per heavy atom. The first-order chi connectivity index (χ1) is 6.61. The number of halogens is 2. The molecule has 0 aliphatic carbocycles. The van der Waals surface area contributed by atoms with Crippen LogP contribution in [0.5, 0.6) is 0 Å². The fraction of sp³-hybridized carbons (Fsp3) is 0. The standard InChI is InChI=1S/C8H10ClN5.ClH/c9-14(8(12)13-7(10)11)6-4-2-1-3-5-6;/h1-5H,(H5,10,11,12,13);1H. The van der Waals surface area contributed by atoms with E-state index in [9.17, 15) is 0 Å². The monoisotopic (exact) mass is 247 g/mol. The lowest BCUT2D eigenvalue weighted by Crippen LogP contribution is -2.28. The van der Waals surface area contributed by atoms with Gasteiger partial charge in [-0.15, -0.1) is 12.4 Å². The maximum absolute atomic E-state index is 7.41. The molecule has 0 atom stereocenters. The van der Waals surface area contributed by atoms with E-state index in [2.05, 4.69) is 4.99 Å². The average Bonchev–Trinajstić information content (AvgIpc) is 2.17. The zero-order valence-electron chi connectivity index (χ0n) is 7.72. The predicted octanol–water partition coefficient (Wildman–Crippen LogP) is 1.28. The number of benzene rings is 1. The summed E-state index contributed by atoms with van der Waals surface area (Å²) in [6.07, 6.45) is 0. The Morgan fingerprint density at radius 2 is 1.80 bits per heavy atom. The van der Waals surface area contributed by atoms with Gasteiger partial charge < -0.3 is 11.5 Å². The maximum atomic E-state index is 7.41. The molecule has 1 aromatic rings. The lowest BCUT2D eigenvalue weighted by atomic mass is 10.3. The van der Waals surface area contributed by atoms with Crippen LogP contribution in [0.1, 0.15) is 0 Å². The summed E-state index contributed by atoms with van der Waals surface area (Å²) in [6.45, 7) is 0. The molecular formula is C8H11Cl2N5. The highest BCUT2D eigenvalue weighted by molar-refractivity contribution is 6.37. The molecule has 7 heteroatoms. The van der Waals surface area contributed by atoms with Crippen molar-refractivity contribution in [2.24, 2.45) is 16.5 Å². The molecule has 0 heterocycles. The van der Waals surface area contributed by atoms with Gasteiger partial charge in [-0.05, 0) is 12.1 Å². The van der Waals surface area contributed by atoms with Crippen LogP contribution in [0, 0.1) is 5.41 Å². The van der Waals surface area contributed by atoms with E-state index in [1.165, 1.54) is 0 Å². The number of para-hydroxylation sites is 1. The molecule has 0 aliphatic rings. The van der Waals surface area contributed by atoms with E-state index in [-0.39, 0.29) is 24.3 Å². The zero-order valence-corrected chi connectivity index (χ0v) is 9.29. The van der Waals surface area contributed by atoms with Crippen molar-refractivity contribution in [2.45, 2.75) is 0 Å². The van der Waals surface area contributed by atoms with Gasteiger partial charge in [-0.2, -0.15) is 4.99 Å². The van der Waals surface area contributed by atoms with Crippen molar-refractivity contribution in [3.63, 3.8) is 0 Å². The van der Waals surface area contributed by atoms with Gasteiger partial charge in [0.1, 0.15) is 0 Å². The normalized spacial score (nSPS) is 8.60. The summed E-state index contributed by atoms with van der Waals surface area (Å²) in [4.78, 5) is 3.50. The van der Waals surface area contributed by atoms with Crippen LogP contribution in [-0.4, -0.2) is 11.9 Å². The van der Waals surface area contributed by atoms with Gasteiger partial charge in [0.2, 0.25) is 5.96 Å². The van der Waals surface area contributed by atoms with Crippen LogP contribution in [0.2, 0.25) is 0 Å². The third-order valence-electron chi connectivity index (χ3n) is 1.40. The molecule has 0 radical (unpaired) electrons. The van der Waals surface area contributed by atoms with Crippen molar-refractivity contribution in [1.29, 1.82) is 5.41 Å². The summed E-state index contributed by atoms with van der Waals surface area (Å²) in [7, 11) is 0. The summed E-state index contributed by atoms with van der Waals surface area (Å²) >= 11 is 5.79. The van der Waals surface area contributed by atoms with E-state index in [1.807, 2.05) is 6.07 Å². The quantitative estimate of drug-likeness (QED) is 0.397. The smallest absolute Gasteiger partial charge is 0.240 e. The van der Waals surface area contributed by atoms with Crippen molar-refractivity contribution in [3.05, 3.63) is 30.3 Å². The Bertz CT molecular complexity index is 347. The van der Waals surface area contributed by atoms with Crippen LogP contribution in [-0.2, 0) is 0 Å². The molecule has 0 saturated heterocycles. The van der Waals surface area contributed by atoms with Crippen LogP contribution in [0.4, 0.5) is 5.69 Å². The number of aliphatic imine (C=N–C) groups is 1. The predicted molar refractivity (Wildman–Crippen MR) is 65.6 cm³/mol. The first-order valence-electron chi connectivity index (χ1n) is 3.80. The van der Waals surface area contributed by atoms with E-state index in [4.69, 9.17) is 28.7 Å². The Labute approximate surface area is 98.7 Å². The second kappa shape index (κ2) is 6.10. The van der Waals surface area contributed by atoms with Gasteiger partial charge in [-0.1, -0.05) is 18.2 Å². The average molecular weight is 248 g/mol. The van der Waals surface area contributed by atoms with Gasteiger partial charge in [0.05, 0.1) is 5.69 Å². The van der Waals surface area contributed by atoms with Gasteiger partial charge in [-0.25, -0.2) is 4.42 Å². The molecule has 0 saturated carbocycles. The maximum Gasteiger partial charge on any atom is 0.240 e. The third kappa shape index (κ3) is 4.05. The summed E-state index contributed by atoms with van der Waals surface area (Å²) in [6, 6.07) is 8.92. The molecule has 0 unspecified atom stereocenters. The number of rotatable bonds is 1. The highest BCUT2D eigenvalue weighted by atomic mass is 35.5. The molecule has 0 amide bonds. The molecule has 1 rings (SSSR count). The second-order valence-electron chi connectivity index (χ2n) is 2.48. The molecule has 15 heavy (non-hydrogen) atoms. The first kappa shape index (κ1) is 13.5. The molecule has 5 N–H and O–H groups in total. The topological polar surface area (TPSA) is 91.5 Å². The number of nitrogens with one attached hydrogen (secondary N) is 1. The Morgan fingerprint density at radius 1 is 1.27 bits per heavy atom. The molecule has 5 nitrogen and oxygen atoms in total. The van der Waals surface area contributed by atoms with Gasteiger partial charge in [0, 0.05) is 11.8 Å². The van der Waals surface area contributed by atoms with E-state index < -0.39 is 0 Å². The molecule has 0 fully saturated rings. The molecular weight excluding hydrogens is 237 g/mol.